The molecule has 2 unspecified atom stereocenters. The highest BCUT2D eigenvalue weighted by molar-refractivity contribution is 7.92. The van der Waals surface area contributed by atoms with E-state index in [1.807, 2.05) is 12.1 Å². The lowest BCUT2D eigenvalue weighted by molar-refractivity contribution is -0.385. The van der Waals surface area contributed by atoms with Gasteiger partial charge in [0, 0.05) is 24.3 Å². The zero-order valence-electron chi connectivity index (χ0n) is 22.3. The van der Waals surface area contributed by atoms with E-state index in [2.05, 4.69) is 0 Å². The average molecular weight is 591 g/mol. The van der Waals surface area contributed by atoms with Crippen molar-refractivity contribution in [2.45, 2.75) is 10.5 Å². The minimum absolute atomic E-state index is 0.106. The van der Waals surface area contributed by atoms with Crippen molar-refractivity contribution in [3.05, 3.63) is 163 Å². The van der Waals surface area contributed by atoms with Crippen LogP contribution in [-0.2, 0) is 9.84 Å². The number of nitro groups is 2. The molecule has 0 N–H and O–H groups in total. The number of nitro benzene ring substituents is 2. The topological polar surface area (TPSA) is 168 Å². The lowest BCUT2D eigenvalue weighted by atomic mass is 10.1. The molecule has 4 rings (SSSR count). The molecule has 0 amide bonds. The van der Waals surface area contributed by atoms with Gasteiger partial charge in [0.2, 0.25) is 0 Å². The van der Waals surface area contributed by atoms with Crippen LogP contribution in [0.1, 0.15) is 43.9 Å². The Balaban J connectivity index is 1.82. The Morgan fingerprint density at radius 2 is 0.907 bits per heavy atom. The highest BCUT2D eigenvalue weighted by Gasteiger charge is 2.33. The van der Waals surface area contributed by atoms with E-state index in [1.54, 1.807) is 36.4 Å². The minimum Gasteiger partial charge on any atom is -0.258 e. The molecule has 0 aliphatic rings. The van der Waals surface area contributed by atoms with Gasteiger partial charge in [-0.1, -0.05) is 48.6 Å². The Labute approximate surface area is 247 Å². The van der Waals surface area contributed by atoms with Gasteiger partial charge in [0.05, 0.1) is 33.1 Å². The first kappa shape index (κ1) is 30.1. The van der Waals surface area contributed by atoms with Crippen LogP contribution in [0.2, 0.25) is 0 Å². The van der Waals surface area contributed by atoms with E-state index in [-0.39, 0.29) is 11.4 Å². The maximum Gasteiger partial charge on any atom is 0.269 e. The van der Waals surface area contributed by atoms with Crippen molar-refractivity contribution in [2.24, 2.45) is 0 Å². The summed E-state index contributed by atoms with van der Waals surface area (Å²) >= 11 is 0. The van der Waals surface area contributed by atoms with E-state index in [1.165, 1.54) is 84.9 Å². The summed E-state index contributed by atoms with van der Waals surface area (Å²) in [6.45, 7) is 0. The van der Waals surface area contributed by atoms with E-state index >= 15 is 0 Å². The summed E-state index contributed by atoms with van der Waals surface area (Å²) in [5, 5.41) is 38.1. The van der Waals surface area contributed by atoms with Crippen LogP contribution in [-0.4, -0.2) is 18.3 Å². The van der Waals surface area contributed by atoms with Crippen molar-refractivity contribution in [3.8, 4) is 12.1 Å². The molecule has 0 radical (unpaired) electrons. The molecule has 0 spiro atoms. The number of benzene rings is 4. The molecule has 11 heteroatoms. The second kappa shape index (κ2) is 13.2. The number of nitriles is 2. The summed E-state index contributed by atoms with van der Waals surface area (Å²) in [6, 6.07) is 27.6. The predicted molar refractivity (Wildman–Crippen MR) is 161 cm³/mol. The first-order valence-corrected chi connectivity index (χ1v) is 14.3. The normalized spacial score (nSPS) is 12.8. The van der Waals surface area contributed by atoms with Crippen LogP contribution in [0.15, 0.2) is 109 Å². The van der Waals surface area contributed by atoms with Crippen molar-refractivity contribution < 1.29 is 18.3 Å². The molecule has 10 nitrogen and oxygen atoms in total. The largest absolute Gasteiger partial charge is 0.269 e. The first-order chi connectivity index (χ1) is 20.6. The molecule has 0 aliphatic heterocycles. The third-order valence-electron chi connectivity index (χ3n) is 6.58. The van der Waals surface area contributed by atoms with Gasteiger partial charge >= 0.3 is 0 Å². The standard InChI is InChI=1S/C32H22N4O6S/c33-21-25-1-11-27(12-2-25)31(19-9-23-5-15-29(16-6-23)35(37)38)43(41,42)32(28-13-3-26(22-34)4-14-28)20-10-24-7-17-30(18-8-24)36(39)40/h1-20,31-32H. The molecule has 212 valence electrons. The van der Waals surface area contributed by atoms with E-state index < -0.39 is 30.2 Å². The molecule has 43 heavy (non-hydrogen) atoms. The summed E-state index contributed by atoms with van der Waals surface area (Å²) in [7, 11) is -4.15. The molecule has 0 bridgehead atoms. The summed E-state index contributed by atoms with van der Waals surface area (Å²) in [5.74, 6) is 0. The Morgan fingerprint density at radius 3 is 1.19 bits per heavy atom. The van der Waals surface area contributed by atoms with Crippen LogP contribution in [0.4, 0.5) is 11.4 Å². The molecule has 4 aromatic carbocycles. The third kappa shape index (κ3) is 7.24. The van der Waals surface area contributed by atoms with Gasteiger partial charge in [-0.15, -0.1) is 0 Å². The fraction of sp³-hybridized carbons (Fsp3) is 0.0625. The van der Waals surface area contributed by atoms with Gasteiger partial charge in [-0.3, -0.25) is 20.2 Å². The second-order valence-electron chi connectivity index (χ2n) is 9.31. The van der Waals surface area contributed by atoms with Crippen LogP contribution >= 0.6 is 0 Å². The number of non-ortho nitro benzene ring substituents is 2. The highest BCUT2D eigenvalue weighted by atomic mass is 32.2. The molecule has 0 saturated carbocycles. The number of rotatable bonds is 10. The molecule has 0 saturated heterocycles. The average Bonchev–Trinajstić information content (AvgIpc) is 3.02. The van der Waals surface area contributed by atoms with Crippen molar-refractivity contribution in [3.63, 3.8) is 0 Å². The van der Waals surface area contributed by atoms with E-state index in [0.717, 1.165) is 0 Å². The Bertz CT molecular complexity index is 1750. The van der Waals surface area contributed by atoms with Gasteiger partial charge in [0.15, 0.2) is 9.84 Å². The van der Waals surface area contributed by atoms with Gasteiger partial charge < -0.3 is 0 Å². The van der Waals surface area contributed by atoms with Crippen LogP contribution < -0.4 is 0 Å². The number of hydrogen-bond acceptors (Lipinski definition) is 8. The number of hydrogen-bond donors (Lipinski definition) is 0. The van der Waals surface area contributed by atoms with E-state index in [0.29, 0.717) is 33.4 Å². The maximum atomic E-state index is 14.5. The molecule has 0 fully saturated rings. The second-order valence-corrected chi connectivity index (χ2v) is 11.5. The van der Waals surface area contributed by atoms with Gasteiger partial charge in [-0.25, -0.2) is 8.42 Å². The Morgan fingerprint density at radius 1 is 0.581 bits per heavy atom. The van der Waals surface area contributed by atoms with Crippen molar-refractivity contribution >= 4 is 33.4 Å². The van der Waals surface area contributed by atoms with E-state index in [4.69, 9.17) is 0 Å². The van der Waals surface area contributed by atoms with Gasteiger partial charge in [0.25, 0.3) is 11.4 Å². The summed E-state index contributed by atoms with van der Waals surface area (Å²) in [4.78, 5) is 21.0. The molecule has 0 aliphatic carbocycles. The number of nitrogens with zero attached hydrogens (tertiary/aromatic N) is 4. The molecule has 2 atom stereocenters. The zero-order valence-corrected chi connectivity index (χ0v) is 23.2. The van der Waals surface area contributed by atoms with Gasteiger partial charge in [-0.2, -0.15) is 10.5 Å². The van der Waals surface area contributed by atoms with Gasteiger partial charge in [-0.05, 0) is 70.8 Å². The monoisotopic (exact) mass is 590 g/mol. The van der Waals surface area contributed by atoms with Crippen LogP contribution in [0.3, 0.4) is 0 Å². The highest BCUT2D eigenvalue weighted by Crippen LogP contribution is 2.37. The summed E-state index contributed by atoms with van der Waals surface area (Å²) in [6.07, 6.45) is 6.07. The summed E-state index contributed by atoms with van der Waals surface area (Å²) in [5.41, 5.74) is 2.34. The fourth-order valence-corrected chi connectivity index (χ4v) is 6.27. The summed E-state index contributed by atoms with van der Waals surface area (Å²) < 4.78 is 28.9. The molecular weight excluding hydrogens is 568 g/mol. The van der Waals surface area contributed by atoms with Gasteiger partial charge in [0.1, 0.15) is 10.5 Å². The number of sulfone groups is 1. The van der Waals surface area contributed by atoms with Crippen molar-refractivity contribution in [1.29, 1.82) is 10.5 Å². The SMILES string of the molecule is N#Cc1ccc(C(C=Cc2ccc([N+](=O)[O-])cc2)S(=O)(=O)C(C=Cc2ccc([N+](=O)[O-])cc2)c2ccc(C#N)cc2)cc1. The lowest BCUT2D eigenvalue weighted by Gasteiger charge is -2.22. The quantitative estimate of drug-likeness (QED) is 0.142. The minimum atomic E-state index is -4.15. The lowest BCUT2D eigenvalue weighted by Crippen LogP contribution is -2.19. The molecule has 0 aromatic heterocycles. The first-order valence-electron chi connectivity index (χ1n) is 12.7. The molecule has 0 heterocycles. The molecule has 4 aromatic rings. The maximum absolute atomic E-state index is 14.5. The molecular formula is C32H22N4O6S. The van der Waals surface area contributed by atoms with Crippen LogP contribution in [0.5, 0.6) is 0 Å². The van der Waals surface area contributed by atoms with E-state index in [9.17, 15) is 39.2 Å². The Hall–Kier alpha value is -5.91. The Kier molecular flexibility index (Phi) is 9.21. The predicted octanol–water partition coefficient (Wildman–Crippen LogP) is 6.87. The smallest absolute Gasteiger partial charge is 0.258 e. The third-order valence-corrected chi connectivity index (χ3v) is 8.85. The van der Waals surface area contributed by atoms with Crippen LogP contribution in [0.25, 0.3) is 12.2 Å². The fourth-order valence-electron chi connectivity index (χ4n) is 4.28. The van der Waals surface area contributed by atoms with Crippen molar-refractivity contribution in [2.75, 3.05) is 0 Å². The van der Waals surface area contributed by atoms with Crippen LogP contribution in [0, 0.1) is 42.9 Å². The zero-order chi connectivity index (χ0) is 31.0. The van der Waals surface area contributed by atoms with Crippen molar-refractivity contribution in [1.82, 2.24) is 0 Å².